The van der Waals surface area contributed by atoms with Crippen molar-refractivity contribution in [3.8, 4) is 33.4 Å². The monoisotopic (exact) mass is 719 g/mol. The second-order valence-electron chi connectivity index (χ2n) is 14.1. The van der Waals surface area contributed by atoms with Gasteiger partial charge in [-0.05, 0) is 87.3 Å². The number of benzene rings is 9. The van der Waals surface area contributed by atoms with Crippen molar-refractivity contribution in [1.82, 2.24) is 0 Å². The molecule has 11 rings (SSSR count). The number of nitrogens with zero attached hydrogens (tertiary/aromatic N) is 1. The summed E-state index contributed by atoms with van der Waals surface area (Å²) in [7, 11) is 0. The van der Waals surface area contributed by atoms with Gasteiger partial charge >= 0.3 is 0 Å². The third-order valence-corrected chi connectivity index (χ3v) is 12.0. The first-order valence-corrected chi connectivity index (χ1v) is 19.5. The molecule has 0 atom stereocenters. The molecule has 258 valence electrons. The molecule has 0 saturated heterocycles. The van der Waals surface area contributed by atoms with Gasteiger partial charge in [0.25, 0.3) is 0 Å². The zero-order valence-electron chi connectivity index (χ0n) is 29.8. The molecule has 0 N–H and O–H groups in total. The maximum absolute atomic E-state index is 6.54. The van der Waals surface area contributed by atoms with E-state index in [4.69, 9.17) is 4.42 Å². The van der Waals surface area contributed by atoms with Crippen molar-refractivity contribution in [3.63, 3.8) is 0 Å². The molecule has 0 radical (unpaired) electrons. The lowest BCUT2D eigenvalue weighted by Crippen LogP contribution is -2.11. The van der Waals surface area contributed by atoms with E-state index in [1.807, 2.05) is 11.3 Å². The zero-order chi connectivity index (χ0) is 36.3. The Morgan fingerprint density at radius 3 is 1.80 bits per heavy atom. The van der Waals surface area contributed by atoms with Crippen molar-refractivity contribution >= 4 is 81.3 Å². The van der Waals surface area contributed by atoms with Crippen LogP contribution in [-0.2, 0) is 0 Å². The van der Waals surface area contributed by atoms with Crippen LogP contribution in [0.4, 0.5) is 17.1 Å². The topological polar surface area (TPSA) is 16.4 Å². The predicted molar refractivity (Wildman–Crippen MR) is 235 cm³/mol. The smallest absolute Gasteiger partial charge is 0.136 e. The van der Waals surface area contributed by atoms with Gasteiger partial charge in [-0.1, -0.05) is 152 Å². The zero-order valence-corrected chi connectivity index (χ0v) is 30.6. The van der Waals surface area contributed by atoms with E-state index in [9.17, 15) is 0 Å². The highest BCUT2D eigenvalue weighted by Crippen LogP contribution is 2.50. The Morgan fingerprint density at radius 2 is 1.04 bits per heavy atom. The van der Waals surface area contributed by atoms with Crippen LogP contribution in [0.1, 0.15) is 0 Å². The number of hydrogen-bond donors (Lipinski definition) is 0. The van der Waals surface area contributed by atoms with Crippen LogP contribution in [0, 0.1) is 0 Å². The highest BCUT2D eigenvalue weighted by Gasteiger charge is 2.23. The van der Waals surface area contributed by atoms with E-state index in [1.54, 1.807) is 0 Å². The van der Waals surface area contributed by atoms with E-state index in [0.29, 0.717) is 0 Å². The van der Waals surface area contributed by atoms with Crippen LogP contribution in [0.5, 0.6) is 0 Å². The Balaban J connectivity index is 1.18. The van der Waals surface area contributed by atoms with Crippen LogP contribution in [0.15, 0.2) is 205 Å². The average molecular weight is 720 g/mol. The Morgan fingerprint density at radius 1 is 0.382 bits per heavy atom. The minimum absolute atomic E-state index is 0.876. The van der Waals surface area contributed by atoms with Gasteiger partial charge in [0.2, 0.25) is 0 Å². The average Bonchev–Trinajstić information content (AvgIpc) is 3.83. The van der Waals surface area contributed by atoms with Crippen LogP contribution < -0.4 is 4.90 Å². The van der Waals surface area contributed by atoms with Crippen molar-refractivity contribution in [2.75, 3.05) is 4.90 Å². The maximum Gasteiger partial charge on any atom is 0.136 e. The van der Waals surface area contributed by atoms with Crippen LogP contribution in [0.3, 0.4) is 0 Å². The van der Waals surface area contributed by atoms with Gasteiger partial charge in [-0.3, -0.25) is 0 Å². The normalized spacial score (nSPS) is 11.6. The molecule has 0 spiro atoms. The summed E-state index contributed by atoms with van der Waals surface area (Å²) in [5, 5.41) is 7.10. The van der Waals surface area contributed by atoms with E-state index in [1.165, 1.54) is 58.8 Å². The third kappa shape index (κ3) is 5.32. The van der Waals surface area contributed by atoms with Crippen molar-refractivity contribution < 1.29 is 4.42 Å². The summed E-state index contributed by atoms with van der Waals surface area (Å²) < 4.78 is 9.09. The van der Waals surface area contributed by atoms with Gasteiger partial charge in [0.1, 0.15) is 11.2 Å². The Labute approximate surface area is 322 Å². The molecule has 0 unspecified atom stereocenters. The molecule has 0 aliphatic rings. The van der Waals surface area contributed by atoms with Crippen molar-refractivity contribution in [2.24, 2.45) is 0 Å². The molecule has 9 aromatic carbocycles. The summed E-state index contributed by atoms with van der Waals surface area (Å²) in [6.45, 7) is 0. The van der Waals surface area contributed by atoms with Crippen molar-refractivity contribution in [2.45, 2.75) is 0 Å². The largest absolute Gasteiger partial charge is 0.456 e. The molecular formula is C52H33NOS. The van der Waals surface area contributed by atoms with Crippen molar-refractivity contribution in [1.29, 1.82) is 0 Å². The molecule has 0 fully saturated rings. The summed E-state index contributed by atoms with van der Waals surface area (Å²) in [6, 6.07) is 72.1. The van der Waals surface area contributed by atoms with Gasteiger partial charge < -0.3 is 9.32 Å². The number of hydrogen-bond acceptors (Lipinski definition) is 3. The second-order valence-corrected chi connectivity index (χ2v) is 15.1. The van der Waals surface area contributed by atoms with Gasteiger partial charge in [0.05, 0.1) is 11.4 Å². The fourth-order valence-corrected chi connectivity index (χ4v) is 9.53. The van der Waals surface area contributed by atoms with Gasteiger partial charge in [0, 0.05) is 42.0 Å². The summed E-state index contributed by atoms with van der Waals surface area (Å²) in [5.41, 5.74) is 12.3. The summed E-state index contributed by atoms with van der Waals surface area (Å²) in [6.07, 6.45) is 0. The first kappa shape index (κ1) is 31.6. The number of thiophene rings is 1. The number of anilines is 3. The molecule has 2 aromatic heterocycles. The lowest BCUT2D eigenvalue weighted by atomic mass is 9.98. The van der Waals surface area contributed by atoms with E-state index < -0.39 is 0 Å². The lowest BCUT2D eigenvalue weighted by molar-refractivity contribution is 0.669. The molecule has 0 aliphatic carbocycles. The fourth-order valence-electron chi connectivity index (χ4n) is 8.23. The number of fused-ring (bicyclic) bond motifs is 7. The first-order chi connectivity index (χ1) is 27.3. The predicted octanol–water partition coefficient (Wildman–Crippen LogP) is 15.6. The highest BCUT2D eigenvalue weighted by molar-refractivity contribution is 7.26. The van der Waals surface area contributed by atoms with E-state index in [-0.39, 0.29) is 0 Å². The third-order valence-electron chi connectivity index (χ3n) is 10.9. The number of furan rings is 1. The van der Waals surface area contributed by atoms with Crippen LogP contribution >= 0.6 is 11.3 Å². The standard InChI is InChI=1S/C52H33NOS/c1-4-13-34(14-5-1)38-23-26-43-45-33-40(25-30-48(45)54-49(43)31-38)53(46-22-12-20-36-19-10-11-21-41(36)46)47-29-28-42(37-17-8-3-9-18-37)52-51(47)44-27-24-39(32-50(44)55-52)35-15-6-2-7-16-35/h1-33H. The fraction of sp³-hybridized carbons (Fsp3) is 0. The first-order valence-electron chi connectivity index (χ1n) is 18.7. The Bertz CT molecular complexity index is 3190. The Kier molecular flexibility index (Phi) is 7.39. The van der Waals surface area contributed by atoms with E-state index in [2.05, 4.69) is 205 Å². The van der Waals surface area contributed by atoms with Crippen LogP contribution in [0.25, 0.3) is 86.3 Å². The van der Waals surface area contributed by atoms with E-state index in [0.717, 1.165) is 44.6 Å². The summed E-state index contributed by atoms with van der Waals surface area (Å²) in [4.78, 5) is 2.47. The summed E-state index contributed by atoms with van der Waals surface area (Å²) in [5.74, 6) is 0. The SMILES string of the molecule is c1ccc(-c2ccc3c(c2)oc2ccc(N(c4cccc5ccccc45)c4ccc(-c5ccccc5)c5sc6cc(-c7ccccc7)ccc6c45)cc23)cc1. The van der Waals surface area contributed by atoms with Gasteiger partial charge in [-0.25, -0.2) is 0 Å². The van der Waals surface area contributed by atoms with Crippen LogP contribution in [-0.4, -0.2) is 0 Å². The van der Waals surface area contributed by atoms with Gasteiger partial charge in [-0.15, -0.1) is 11.3 Å². The molecule has 0 saturated carbocycles. The molecule has 0 aliphatic heterocycles. The Hall–Kier alpha value is -6.94. The van der Waals surface area contributed by atoms with Crippen LogP contribution in [0.2, 0.25) is 0 Å². The molecule has 0 amide bonds. The minimum Gasteiger partial charge on any atom is -0.456 e. The molecule has 55 heavy (non-hydrogen) atoms. The lowest BCUT2D eigenvalue weighted by Gasteiger charge is -2.28. The molecule has 11 aromatic rings. The second kappa shape index (κ2) is 12.9. The number of rotatable bonds is 6. The van der Waals surface area contributed by atoms with E-state index >= 15 is 0 Å². The van der Waals surface area contributed by atoms with Gasteiger partial charge in [0.15, 0.2) is 0 Å². The molecule has 0 bridgehead atoms. The molecule has 2 nitrogen and oxygen atoms in total. The minimum atomic E-state index is 0.876. The highest BCUT2D eigenvalue weighted by atomic mass is 32.1. The molecule has 2 heterocycles. The summed E-state index contributed by atoms with van der Waals surface area (Å²) >= 11 is 1.88. The maximum atomic E-state index is 6.54. The quantitative estimate of drug-likeness (QED) is 0.170. The van der Waals surface area contributed by atoms with Crippen molar-refractivity contribution in [3.05, 3.63) is 200 Å². The molecule has 3 heteroatoms. The molecular weight excluding hydrogens is 687 g/mol. The van der Waals surface area contributed by atoms with Gasteiger partial charge in [-0.2, -0.15) is 0 Å².